The second kappa shape index (κ2) is 8.44. The molecule has 0 aliphatic carbocycles. The SMILES string of the molecule is C#C[C@@H]1C[C@@]2(CN1C(=O)[C@@H](CC(C)(C)F)c1c(C(N)=O)oc3c(F)cccc13)C(=O)Nc1ccccc12. The maximum Gasteiger partial charge on any atom is 0.284 e. The predicted molar refractivity (Wildman–Crippen MR) is 133 cm³/mol. The number of nitrogens with two attached hydrogens (primary N) is 1. The van der Waals surface area contributed by atoms with Crippen molar-refractivity contribution in [3.05, 3.63) is 65.2 Å². The highest BCUT2D eigenvalue weighted by Gasteiger charge is 2.56. The molecule has 1 spiro atoms. The highest BCUT2D eigenvalue weighted by atomic mass is 19.1. The van der Waals surface area contributed by atoms with Crippen molar-refractivity contribution in [2.24, 2.45) is 5.73 Å². The van der Waals surface area contributed by atoms with Gasteiger partial charge in [0.1, 0.15) is 5.67 Å². The molecular weight excluding hydrogens is 480 g/mol. The minimum atomic E-state index is -1.87. The van der Waals surface area contributed by atoms with Gasteiger partial charge < -0.3 is 20.4 Å². The number of nitrogens with one attached hydrogen (secondary N) is 1. The summed E-state index contributed by atoms with van der Waals surface area (Å²) in [6.07, 6.45) is 5.63. The Balaban J connectivity index is 1.64. The van der Waals surface area contributed by atoms with Gasteiger partial charge in [0.25, 0.3) is 5.91 Å². The Bertz CT molecular complexity index is 1500. The van der Waals surface area contributed by atoms with Crippen molar-refractivity contribution >= 4 is 34.4 Å². The van der Waals surface area contributed by atoms with Crippen LogP contribution in [0.5, 0.6) is 0 Å². The quantitative estimate of drug-likeness (QED) is 0.511. The molecule has 3 N–H and O–H groups in total. The van der Waals surface area contributed by atoms with Gasteiger partial charge in [0.2, 0.25) is 11.8 Å². The number of anilines is 1. The molecule has 0 saturated carbocycles. The van der Waals surface area contributed by atoms with E-state index < -0.39 is 46.4 Å². The molecular formula is C28H25F2N3O4. The Morgan fingerprint density at radius 2 is 2.03 bits per heavy atom. The maximum absolute atomic E-state index is 15.1. The standard InChI is InChI=1S/C28H25F2N3O4/c1-4-15-12-28(18-9-5-6-11-20(18)32-26(28)36)14-33(15)25(35)17(13-27(2,3)30)21-16-8-7-10-19(29)22(16)37-23(21)24(31)34/h1,5-11,15,17H,12-14H2,2-3H3,(H2,31,34)(H,32,36)/t15-,17+,28+/m1/s1. The lowest BCUT2D eigenvalue weighted by atomic mass is 9.79. The first-order valence-electron chi connectivity index (χ1n) is 11.8. The average Bonchev–Trinajstić information content (AvgIpc) is 3.50. The Morgan fingerprint density at radius 1 is 1.30 bits per heavy atom. The summed E-state index contributed by atoms with van der Waals surface area (Å²) in [5.74, 6) is -1.75. The number of benzene rings is 2. The van der Waals surface area contributed by atoms with Crippen molar-refractivity contribution in [3.8, 4) is 12.3 Å². The largest absolute Gasteiger partial charge is 0.447 e. The van der Waals surface area contributed by atoms with Crippen LogP contribution in [0.25, 0.3) is 11.0 Å². The van der Waals surface area contributed by atoms with Gasteiger partial charge in [0.05, 0.1) is 17.4 Å². The van der Waals surface area contributed by atoms with E-state index in [4.69, 9.17) is 16.6 Å². The summed E-state index contributed by atoms with van der Waals surface area (Å²) in [4.78, 5) is 41.1. The van der Waals surface area contributed by atoms with Crippen LogP contribution in [0.15, 0.2) is 46.9 Å². The summed E-state index contributed by atoms with van der Waals surface area (Å²) >= 11 is 0. The van der Waals surface area contributed by atoms with Crippen LogP contribution < -0.4 is 11.1 Å². The number of primary amides is 1. The van der Waals surface area contributed by atoms with E-state index in [0.29, 0.717) is 5.69 Å². The summed E-state index contributed by atoms with van der Waals surface area (Å²) in [6.45, 7) is 2.55. The van der Waals surface area contributed by atoms with Gasteiger partial charge in [-0.2, -0.15) is 0 Å². The molecule has 7 nitrogen and oxygen atoms in total. The maximum atomic E-state index is 15.1. The smallest absolute Gasteiger partial charge is 0.284 e. The molecule has 0 unspecified atom stereocenters. The molecule has 5 rings (SSSR count). The number of para-hydroxylation sites is 2. The van der Waals surface area contributed by atoms with Crippen LogP contribution in [-0.2, 0) is 15.0 Å². The number of nitrogens with zero attached hydrogens (tertiary/aromatic N) is 1. The van der Waals surface area contributed by atoms with E-state index in [0.717, 1.165) is 11.6 Å². The first-order valence-corrected chi connectivity index (χ1v) is 11.8. The number of halogens is 2. The fourth-order valence-corrected chi connectivity index (χ4v) is 5.65. The zero-order valence-corrected chi connectivity index (χ0v) is 20.3. The number of carbonyl (C=O) groups excluding carboxylic acids is 3. The Kier molecular flexibility index (Phi) is 5.59. The Hall–Kier alpha value is -4.19. The molecule has 190 valence electrons. The molecule has 3 atom stereocenters. The van der Waals surface area contributed by atoms with Gasteiger partial charge in [0, 0.05) is 23.2 Å². The van der Waals surface area contributed by atoms with Crippen LogP contribution in [0.4, 0.5) is 14.5 Å². The van der Waals surface area contributed by atoms with Crippen LogP contribution in [-0.4, -0.2) is 40.9 Å². The second-order valence-corrected chi connectivity index (χ2v) is 10.2. The normalized spacial score (nSPS) is 21.6. The summed E-state index contributed by atoms with van der Waals surface area (Å²) in [7, 11) is 0. The Morgan fingerprint density at radius 3 is 2.70 bits per heavy atom. The number of alkyl halides is 1. The number of likely N-dealkylation sites (tertiary alicyclic amines) is 1. The summed E-state index contributed by atoms with van der Waals surface area (Å²) in [5.41, 5.74) is 3.73. The number of amides is 3. The van der Waals surface area contributed by atoms with Gasteiger partial charge in [-0.15, -0.1) is 6.42 Å². The van der Waals surface area contributed by atoms with Crippen LogP contribution in [0.1, 0.15) is 54.3 Å². The van der Waals surface area contributed by atoms with Crippen molar-refractivity contribution in [1.82, 2.24) is 4.90 Å². The molecule has 0 bridgehead atoms. The molecule has 37 heavy (non-hydrogen) atoms. The van der Waals surface area contributed by atoms with Gasteiger partial charge in [-0.25, -0.2) is 8.78 Å². The number of carbonyl (C=O) groups is 3. The van der Waals surface area contributed by atoms with E-state index in [2.05, 4.69) is 11.2 Å². The number of fused-ring (bicyclic) bond motifs is 3. The highest BCUT2D eigenvalue weighted by Crippen LogP contribution is 2.48. The lowest BCUT2D eigenvalue weighted by molar-refractivity contribution is -0.134. The van der Waals surface area contributed by atoms with Gasteiger partial charge in [-0.3, -0.25) is 14.4 Å². The average molecular weight is 506 g/mol. The number of rotatable bonds is 5. The minimum Gasteiger partial charge on any atom is -0.447 e. The number of furan rings is 1. The third-order valence-electron chi connectivity index (χ3n) is 7.23. The predicted octanol–water partition coefficient (Wildman–Crippen LogP) is 4.02. The first kappa shape index (κ1) is 24.5. The molecule has 2 aliphatic rings. The molecule has 1 fully saturated rings. The monoisotopic (exact) mass is 505 g/mol. The molecule has 1 saturated heterocycles. The van der Waals surface area contributed by atoms with E-state index in [9.17, 15) is 18.8 Å². The lowest BCUT2D eigenvalue weighted by Gasteiger charge is -2.30. The zero-order chi connectivity index (χ0) is 26.7. The molecule has 9 heteroatoms. The van der Waals surface area contributed by atoms with Gasteiger partial charge in [-0.1, -0.05) is 36.3 Å². The number of hydrogen-bond donors (Lipinski definition) is 2. The molecule has 3 heterocycles. The van der Waals surface area contributed by atoms with E-state index in [1.54, 1.807) is 18.2 Å². The third kappa shape index (κ3) is 3.84. The molecule has 3 aromatic rings. The highest BCUT2D eigenvalue weighted by molar-refractivity contribution is 6.08. The molecule has 1 aromatic heterocycles. The van der Waals surface area contributed by atoms with E-state index in [1.165, 1.54) is 30.9 Å². The summed E-state index contributed by atoms with van der Waals surface area (Å²) in [6, 6.07) is 10.4. The minimum absolute atomic E-state index is 0.00530. The van der Waals surface area contributed by atoms with Gasteiger partial charge in [-0.05, 0) is 44.4 Å². The summed E-state index contributed by atoms with van der Waals surface area (Å²) < 4.78 is 35.2. The van der Waals surface area contributed by atoms with Crippen LogP contribution in [0, 0.1) is 18.2 Å². The molecule has 2 aliphatic heterocycles. The molecule has 3 amide bonds. The van der Waals surface area contributed by atoms with Crippen molar-refractivity contribution in [2.45, 2.75) is 49.7 Å². The van der Waals surface area contributed by atoms with Crippen molar-refractivity contribution in [3.63, 3.8) is 0 Å². The topological polar surface area (TPSA) is 106 Å². The van der Waals surface area contributed by atoms with Crippen LogP contribution >= 0.6 is 0 Å². The number of terminal acetylenes is 1. The van der Waals surface area contributed by atoms with E-state index >= 15 is 4.39 Å². The Labute approximate surface area is 212 Å². The zero-order valence-electron chi connectivity index (χ0n) is 20.3. The second-order valence-electron chi connectivity index (χ2n) is 10.2. The summed E-state index contributed by atoms with van der Waals surface area (Å²) in [5, 5.41) is 3.01. The van der Waals surface area contributed by atoms with Crippen molar-refractivity contribution in [1.29, 1.82) is 0 Å². The van der Waals surface area contributed by atoms with Crippen LogP contribution in [0.2, 0.25) is 0 Å². The fourth-order valence-electron chi connectivity index (χ4n) is 5.65. The lowest BCUT2D eigenvalue weighted by Crippen LogP contribution is -2.43. The van der Waals surface area contributed by atoms with Crippen LogP contribution in [0.3, 0.4) is 0 Å². The molecule has 2 aromatic carbocycles. The third-order valence-corrected chi connectivity index (χ3v) is 7.23. The van der Waals surface area contributed by atoms with E-state index in [-0.39, 0.29) is 41.8 Å². The number of hydrogen-bond acceptors (Lipinski definition) is 4. The van der Waals surface area contributed by atoms with E-state index in [1.807, 2.05) is 6.07 Å². The van der Waals surface area contributed by atoms with Gasteiger partial charge >= 0.3 is 0 Å². The fraction of sp³-hybridized carbons (Fsp3) is 0.321. The first-order chi connectivity index (χ1) is 17.5. The van der Waals surface area contributed by atoms with Crippen molar-refractivity contribution in [2.75, 3.05) is 11.9 Å². The van der Waals surface area contributed by atoms with Crippen molar-refractivity contribution < 1.29 is 27.6 Å². The molecule has 0 radical (unpaired) electrons. The van der Waals surface area contributed by atoms with Gasteiger partial charge in [0.15, 0.2) is 17.2 Å².